The van der Waals surface area contributed by atoms with Gasteiger partial charge >= 0.3 is 17.6 Å². The molecule has 0 bridgehead atoms. The highest BCUT2D eigenvalue weighted by atomic mass is 16.6. The lowest BCUT2D eigenvalue weighted by Crippen LogP contribution is -2.27. The maximum atomic E-state index is 12.4. The van der Waals surface area contributed by atoms with Gasteiger partial charge in [-0.15, -0.1) is 0 Å². The summed E-state index contributed by atoms with van der Waals surface area (Å²) in [4.78, 5) is 36.6. The van der Waals surface area contributed by atoms with Crippen LogP contribution in [0.1, 0.15) is 6.92 Å². The second-order valence-corrected chi connectivity index (χ2v) is 5.16. The van der Waals surface area contributed by atoms with Gasteiger partial charge in [-0.25, -0.2) is 9.59 Å². The summed E-state index contributed by atoms with van der Waals surface area (Å²) in [5, 5.41) is 11.4. The Kier molecular flexibility index (Phi) is 6.32. The molecule has 0 atom stereocenters. The number of methoxy groups -OCH3 is 2. The van der Waals surface area contributed by atoms with Crippen LogP contribution in [0.5, 0.6) is 5.75 Å². The highest BCUT2D eigenvalue weighted by Gasteiger charge is 2.29. The molecule has 0 aromatic heterocycles. The summed E-state index contributed by atoms with van der Waals surface area (Å²) in [5.41, 5.74) is -0.186. The molecule has 0 amide bonds. The van der Waals surface area contributed by atoms with Crippen LogP contribution >= 0.6 is 0 Å². The van der Waals surface area contributed by atoms with Gasteiger partial charge in [0.2, 0.25) is 0 Å². The van der Waals surface area contributed by atoms with E-state index in [0.717, 1.165) is 0 Å². The third-order valence-corrected chi connectivity index (χ3v) is 3.61. The van der Waals surface area contributed by atoms with Crippen LogP contribution in [-0.2, 0) is 19.1 Å². The standard InChI is InChI=1S/C18H18N2O7/c1-4-27-15-9-8-12(11-14(15)20(23)24)19-10-6-5-7-13(17(21)25-2)16(19)18(22)26-3/h5-11H,4H2,1-3H3. The third-order valence-electron chi connectivity index (χ3n) is 3.61. The summed E-state index contributed by atoms with van der Waals surface area (Å²) in [6, 6.07) is 4.21. The largest absolute Gasteiger partial charge is 0.487 e. The maximum Gasteiger partial charge on any atom is 0.355 e. The van der Waals surface area contributed by atoms with Crippen LogP contribution in [0.2, 0.25) is 0 Å². The predicted molar refractivity (Wildman–Crippen MR) is 96.1 cm³/mol. The fraction of sp³-hybridized carbons (Fsp3) is 0.222. The van der Waals surface area contributed by atoms with Gasteiger partial charge in [0, 0.05) is 12.3 Å². The topological polar surface area (TPSA) is 108 Å². The molecule has 0 aliphatic carbocycles. The molecule has 1 aromatic rings. The van der Waals surface area contributed by atoms with Gasteiger partial charge in [-0.2, -0.15) is 0 Å². The number of esters is 2. The number of carbonyl (C=O) groups is 2. The van der Waals surface area contributed by atoms with E-state index in [-0.39, 0.29) is 35.0 Å². The fourth-order valence-electron chi connectivity index (χ4n) is 2.44. The minimum Gasteiger partial charge on any atom is -0.487 e. The second kappa shape index (κ2) is 8.65. The van der Waals surface area contributed by atoms with Crippen LogP contribution in [0.15, 0.2) is 53.9 Å². The highest BCUT2D eigenvalue weighted by Crippen LogP contribution is 2.34. The molecule has 9 nitrogen and oxygen atoms in total. The van der Waals surface area contributed by atoms with Crippen LogP contribution < -0.4 is 9.64 Å². The first kappa shape index (κ1) is 19.7. The molecule has 2 rings (SSSR count). The fourth-order valence-corrected chi connectivity index (χ4v) is 2.44. The Bertz CT molecular complexity index is 855. The number of ether oxygens (including phenoxy) is 3. The van der Waals surface area contributed by atoms with Gasteiger partial charge in [-0.05, 0) is 31.2 Å². The molecule has 0 radical (unpaired) electrons. The Morgan fingerprint density at radius 1 is 1.15 bits per heavy atom. The number of nitrogens with zero attached hydrogens (tertiary/aromatic N) is 2. The van der Waals surface area contributed by atoms with E-state index in [1.165, 1.54) is 55.7 Å². The second-order valence-electron chi connectivity index (χ2n) is 5.16. The zero-order valence-electron chi connectivity index (χ0n) is 15.0. The van der Waals surface area contributed by atoms with Crippen molar-refractivity contribution >= 4 is 23.3 Å². The van der Waals surface area contributed by atoms with Crippen LogP contribution in [0, 0.1) is 10.1 Å². The number of hydrogen-bond donors (Lipinski definition) is 0. The van der Waals surface area contributed by atoms with Crippen molar-refractivity contribution in [3.8, 4) is 5.75 Å². The Morgan fingerprint density at radius 2 is 1.85 bits per heavy atom. The molecule has 1 heterocycles. The number of benzene rings is 1. The average molecular weight is 374 g/mol. The molecule has 0 spiro atoms. The van der Waals surface area contributed by atoms with Crippen molar-refractivity contribution in [3.05, 3.63) is 64.0 Å². The van der Waals surface area contributed by atoms with Gasteiger partial charge in [-0.3, -0.25) is 10.1 Å². The Morgan fingerprint density at radius 3 is 2.44 bits per heavy atom. The lowest BCUT2D eigenvalue weighted by atomic mass is 10.1. The zero-order chi connectivity index (χ0) is 20.0. The molecule has 1 aromatic carbocycles. The van der Waals surface area contributed by atoms with Gasteiger partial charge in [0.1, 0.15) is 5.70 Å². The number of nitro benzene ring substituents is 1. The summed E-state index contributed by atoms with van der Waals surface area (Å²) in [6.07, 6.45) is 6.00. The minimum absolute atomic E-state index is 0.0501. The normalized spacial score (nSPS) is 13.2. The Labute approximate surface area is 155 Å². The van der Waals surface area contributed by atoms with Gasteiger partial charge in [0.05, 0.1) is 37.0 Å². The van der Waals surface area contributed by atoms with E-state index < -0.39 is 16.9 Å². The Hall–Kier alpha value is -3.62. The predicted octanol–water partition coefficient (Wildman–Crippen LogP) is 2.48. The van der Waals surface area contributed by atoms with Gasteiger partial charge in [0.15, 0.2) is 5.75 Å². The molecular formula is C18H18N2O7. The van der Waals surface area contributed by atoms with Crippen molar-refractivity contribution in [2.75, 3.05) is 25.7 Å². The highest BCUT2D eigenvalue weighted by molar-refractivity contribution is 6.05. The average Bonchev–Trinajstić information content (AvgIpc) is 2.90. The molecule has 0 saturated heterocycles. The number of allylic oxidation sites excluding steroid dienone is 2. The summed E-state index contributed by atoms with van der Waals surface area (Å²) in [5.74, 6) is -1.45. The lowest BCUT2D eigenvalue weighted by Gasteiger charge is -2.23. The van der Waals surface area contributed by atoms with Crippen molar-refractivity contribution in [3.63, 3.8) is 0 Å². The van der Waals surface area contributed by atoms with Crippen molar-refractivity contribution in [2.45, 2.75) is 6.92 Å². The minimum atomic E-state index is -0.803. The van der Waals surface area contributed by atoms with Gasteiger partial charge < -0.3 is 19.1 Å². The van der Waals surface area contributed by atoms with Gasteiger partial charge in [-0.1, -0.05) is 6.08 Å². The van der Waals surface area contributed by atoms with E-state index in [9.17, 15) is 19.7 Å². The van der Waals surface area contributed by atoms with E-state index in [4.69, 9.17) is 14.2 Å². The van der Waals surface area contributed by atoms with E-state index in [2.05, 4.69) is 0 Å². The SMILES string of the molecule is CCOc1ccc(N2C=CC=CC(C(=O)OC)=C2C(=O)OC)cc1[N+](=O)[O-]. The first-order valence-electron chi connectivity index (χ1n) is 7.90. The molecule has 1 aliphatic heterocycles. The van der Waals surface area contributed by atoms with E-state index in [1.54, 1.807) is 13.0 Å². The molecule has 1 aliphatic rings. The van der Waals surface area contributed by atoms with Crippen LogP contribution in [0.4, 0.5) is 11.4 Å². The molecule has 9 heteroatoms. The summed E-state index contributed by atoms with van der Waals surface area (Å²) in [7, 11) is 2.35. The van der Waals surface area contributed by atoms with E-state index in [0.29, 0.717) is 0 Å². The number of anilines is 1. The molecule has 0 fully saturated rings. The monoisotopic (exact) mass is 374 g/mol. The zero-order valence-corrected chi connectivity index (χ0v) is 15.0. The van der Waals surface area contributed by atoms with Crippen LogP contribution in [0.25, 0.3) is 0 Å². The van der Waals surface area contributed by atoms with Crippen LogP contribution in [0.3, 0.4) is 0 Å². The number of rotatable bonds is 6. The van der Waals surface area contributed by atoms with Crippen molar-refractivity contribution in [1.29, 1.82) is 0 Å². The summed E-state index contributed by atoms with van der Waals surface area (Å²) in [6.45, 7) is 1.97. The first-order chi connectivity index (χ1) is 12.9. The lowest BCUT2D eigenvalue weighted by molar-refractivity contribution is -0.385. The Balaban J connectivity index is 2.67. The number of carbonyl (C=O) groups excluding carboxylic acids is 2. The summed E-state index contributed by atoms with van der Waals surface area (Å²) >= 11 is 0. The van der Waals surface area contributed by atoms with E-state index in [1.807, 2.05) is 0 Å². The van der Waals surface area contributed by atoms with Crippen molar-refractivity contribution in [2.24, 2.45) is 0 Å². The molecule has 142 valence electrons. The smallest absolute Gasteiger partial charge is 0.355 e. The maximum absolute atomic E-state index is 12.4. The quantitative estimate of drug-likeness (QED) is 0.424. The molecular weight excluding hydrogens is 356 g/mol. The van der Waals surface area contributed by atoms with Crippen LogP contribution in [-0.4, -0.2) is 37.7 Å². The molecule has 0 N–H and O–H groups in total. The van der Waals surface area contributed by atoms with Crippen molar-refractivity contribution < 1.29 is 28.7 Å². The number of hydrogen-bond acceptors (Lipinski definition) is 8. The molecule has 0 unspecified atom stereocenters. The summed E-state index contributed by atoms with van der Waals surface area (Å²) < 4.78 is 14.8. The molecule has 27 heavy (non-hydrogen) atoms. The van der Waals surface area contributed by atoms with Crippen molar-refractivity contribution in [1.82, 2.24) is 0 Å². The third kappa shape index (κ3) is 4.14. The first-order valence-corrected chi connectivity index (χ1v) is 7.90. The van der Waals surface area contributed by atoms with Gasteiger partial charge in [0.25, 0.3) is 0 Å². The van der Waals surface area contributed by atoms with E-state index >= 15 is 0 Å². The number of nitro groups is 1. The molecule has 0 saturated carbocycles.